The predicted molar refractivity (Wildman–Crippen MR) is 57.2 cm³/mol. The van der Waals surface area contributed by atoms with E-state index >= 15 is 0 Å². The number of nitrogens with zero attached hydrogens (tertiary/aromatic N) is 1. The van der Waals surface area contributed by atoms with E-state index in [1.54, 1.807) is 6.92 Å². The van der Waals surface area contributed by atoms with Gasteiger partial charge in [-0.1, -0.05) is 0 Å². The number of amides is 1. The molecule has 1 fully saturated rings. The number of rotatable bonds is 5. The van der Waals surface area contributed by atoms with E-state index in [-0.39, 0.29) is 5.91 Å². The lowest BCUT2D eigenvalue weighted by Crippen LogP contribution is -2.43. The normalized spacial score (nSPS) is 18.1. The molecule has 14 heavy (non-hydrogen) atoms. The zero-order valence-electron chi connectivity index (χ0n) is 9.01. The minimum Gasteiger partial charge on any atom is -0.356 e. The molecule has 1 rings (SSSR count). The molecule has 0 aromatic carbocycles. The van der Waals surface area contributed by atoms with E-state index in [9.17, 15) is 4.79 Å². The molecule has 1 heterocycles. The van der Waals surface area contributed by atoms with Gasteiger partial charge in [0.05, 0.1) is 0 Å². The van der Waals surface area contributed by atoms with Crippen molar-refractivity contribution in [3.63, 3.8) is 0 Å². The first kappa shape index (κ1) is 11.5. The van der Waals surface area contributed by atoms with Crippen molar-refractivity contribution in [3.05, 3.63) is 0 Å². The highest BCUT2D eigenvalue weighted by molar-refractivity contribution is 5.72. The third-order valence-corrected chi connectivity index (χ3v) is 2.48. The summed E-state index contributed by atoms with van der Waals surface area (Å²) in [5, 5.41) is 6.15. The largest absolute Gasteiger partial charge is 0.356 e. The summed E-state index contributed by atoms with van der Waals surface area (Å²) in [6.45, 7) is 8.12. The summed E-state index contributed by atoms with van der Waals surface area (Å²) < 4.78 is 0. The van der Waals surface area contributed by atoms with E-state index in [0.717, 1.165) is 26.1 Å². The van der Waals surface area contributed by atoms with Gasteiger partial charge in [0.15, 0.2) is 0 Å². The maximum absolute atomic E-state index is 10.6. The maximum atomic E-state index is 10.6. The van der Waals surface area contributed by atoms with Gasteiger partial charge < -0.3 is 15.5 Å². The Morgan fingerprint density at radius 1 is 1.36 bits per heavy atom. The molecule has 82 valence electrons. The fraction of sp³-hybridized carbons (Fsp3) is 0.900. The first-order valence-electron chi connectivity index (χ1n) is 5.46. The molecule has 1 amide bonds. The molecule has 1 aliphatic heterocycles. The Labute approximate surface area is 86.0 Å². The third kappa shape index (κ3) is 5.19. The zero-order chi connectivity index (χ0) is 10.2. The third-order valence-electron chi connectivity index (χ3n) is 2.48. The Bertz CT molecular complexity index is 167. The van der Waals surface area contributed by atoms with Crippen LogP contribution in [0.2, 0.25) is 0 Å². The summed E-state index contributed by atoms with van der Waals surface area (Å²) in [4.78, 5) is 13.1. The van der Waals surface area contributed by atoms with E-state index in [1.165, 1.54) is 26.1 Å². The lowest BCUT2D eigenvalue weighted by molar-refractivity contribution is -0.118. The Morgan fingerprint density at radius 3 is 2.71 bits per heavy atom. The molecule has 0 aromatic heterocycles. The van der Waals surface area contributed by atoms with Crippen LogP contribution in [0.4, 0.5) is 0 Å². The number of carbonyl (C=O) groups excluding carboxylic acids is 1. The summed E-state index contributed by atoms with van der Waals surface area (Å²) in [5.74, 6) is 0.0761. The lowest BCUT2D eigenvalue weighted by atomic mass is 10.2. The quantitative estimate of drug-likeness (QED) is 0.603. The van der Waals surface area contributed by atoms with E-state index in [1.807, 2.05) is 0 Å². The second-order valence-electron chi connectivity index (χ2n) is 3.78. The van der Waals surface area contributed by atoms with Crippen LogP contribution in [0.5, 0.6) is 0 Å². The fourth-order valence-electron chi connectivity index (χ4n) is 1.66. The first-order chi connectivity index (χ1) is 6.79. The van der Waals surface area contributed by atoms with Gasteiger partial charge in [-0.05, 0) is 19.4 Å². The average molecular weight is 199 g/mol. The van der Waals surface area contributed by atoms with Gasteiger partial charge in [-0.15, -0.1) is 0 Å². The Morgan fingerprint density at radius 2 is 2.07 bits per heavy atom. The molecule has 0 aromatic rings. The van der Waals surface area contributed by atoms with Crippen molar-refractivity contribution in [1.29, 1.82) is 0 Å². The second-order valence-corrected chi connectivity index (χ2v) is 3.78. The lowest BCUT2D eigenvalue weighted by Gasteiger charge is -2.26. The van der Waals surface area contributed by atoms with Crippen molar-refractivity contribution in [2.45, 2.75) is 19.8 Å². The fourth-order valence-corrected chi connectivity index (χ4v) is 1.66. The Hall–Kier alpha value is -0.610. The van der Waals surface area contributed by atoms with Crippen LogP contribution in [0.3, 0.4) is 0 Å². The molecule has 0 radical (unpaired) electrons. The van der Waals surface area contributed by atoms with Crippen molar-refractivity contribution in [1.82, 2.24) is 15.5 Å². The van der Waals surface area contributed by atoms with Gasteiger partial charge in [-0.3, -0.25) is 4.79 Å². The number of piperazine rings is 1. The van der Waals surface area contributed by atoms with Gasteiger partial charge in [-0.25, -0.2) is 0 Å². The molecule has 2 N–H and O–H groups in total. The topological polar surface area (TPSA) is 44.4 Å². The summed E-state index contributed by atoms with van der Waals surface area (Å²) >= 11 is 0. The predicted octanol–water partition coefficient (Wildman–Crippen LogP) is -0.192. The van der Waals surface area contributed by atoms with Crippen LogP contribution in [0.15, 0.2) is 0 Å². The van der Waals surface area contributed by atoms with Crippen molar-refractivity contribution in [3.8, 4) is 0 Å². The number of nitrogens with one attached hydrogen (secondary N) is 2. The van der Waals surface area contributed by atoms with E-state index in [0.29, 0.717) is 0 Å². The minimum absolute atomic E-state index is 0.0761. The molecule has 0 saturated carbocycles. The number of unbranched alkanes of at least 4 members (excludes halogenated alkanes) is 1. The molecule has 4 nitrogen and oxygen atoms in total. The number of carbonyl (C=O) groups is 1. The molecule has 0 spiro atoms. The molecule has 0 atom stereocenters. The van der Waals surface area contributed by atoms with Crippen LogP contribution in [0, 0.1) is 0 Å². The average Bonchev–Trinajstić information content (AvgIpc) is 2.18. The number of hydrogen-bond acceptors (Lipinski definition) is 3. The van der Waals surface area contributed by atoms with Crippen molar-refractivity contribution in [2.24, 2.45) is 0 Å². The maximum Gasteiger partial charge on any atom is 0.216 e. The molecule has 0 aliphatic carbocycles. The van der Waals surface area contributed by atoms with Crippen LogP contribution in [0.25, 0.3) is 0 Å². The van der Waals surface area contributed by atoms with Crippen LogP contribution < -0.4 is 10.6 Å². The van der Waals surface area contributed by atoms with Crippen LogP contribution >= 0.6 is 0 Å². The summed E-state index contributed by atoms with van der Waals surface area (Å²) in [7, 11) is 0. The second kappa shape index (κ2) is 6.79. The zero-order valence-corrected chi connectivity index (χ0v) is 9.01. The van der Waals surface area contributed by atoms with E-state index < -0.39 is 0 Å². The monoisotopic (exact) mass is 199 g/mol. The summed E-state index contributed by atoms with van der Waals surface area (Å²) in [6.07, 6.45) is 2.27. The first-order valence-corrected chi connectivity index (χ1v) is 5.46. The molecule has 1 saturated heterocycles. The van der Waals surface area contributed by atoms with Crippen molar-refractivity contribution >= 4 is 5.91 Å². The van der Waals surface area contributed by atoms with E-state index in [4.69, 9.17) is 0 Å². The molecular weight excluding hydrogens is 178 g/mol. The highest BCUT2D eigenvalue weighted by Gasteiger charge is 2.07. The Kier molecular flexibility index (Phi) is 5.56. The summed E-state index contributed by atoms with van der Waals surface area (Å²) in [5.41, 5.74) is 0. The standard InChI is InChI=1S/C10H21N3O/c1-10(14)12-4-2-3-7-13-8-5-11-6-9-13/h11H,2-9H2,1H3,(H,12,14). The SMILES string of the molecule is CC(=O)NCCCCN1CCNCC1. The molecule has 0 unspecified atom stereocenters. The summed E-state index contributed by atoms with van der Waals surface area (Å²) in [6, 6.07) is 0. The Balaban J connectivity index is 1.90. The highest BCUT2D eigenvalue weighted by Crippen LogP contribution is 1.96. The van der Waals surface area contributed by atoms with Crippen molar-refractivity contribution < 1.29 is 4.79 Å². The molecule has 0 bridgehead atoms. The van der Waals surface area contributed by atoms with Gasteiger partial charge >= 0.3 is 0 Å². The minimum atomic E-state index is 0.0761. The van der Waals surface area contributed by atoms with Crippen LogP contribution in [0.1, 0.15) is 19.8 Å². The van der Waals surface area contributed by atoms with Gasteiger partial charge in [0, 0.05) is 39.6 Å². The molecule has 4 heteroatoms. The molecular formula is C10H21N3O. The highest BCUT2D eigenvalue weighted by atomic mass is 16.1. The van der Waals surface area contributed by atoms with Gasteiger partial charge in [-0.2, -0.15) is 0 Å². The van der Waals surface area contributed by atoms with Gasteiger partial charge in [0.2, 0.25) is 5.91 Å². The van der Waals surface area contributed by atoms with E-state index in [2.05, 4.69) is 15.5 Å². The number of hydrogen-bond donors (Lipinski definition) is 2. The van der Waals surface area contributed by atoms with Crippen molar-refractivity contribution in [2.75, 3.05) is 39.3 Å². The smallest absolute Gasteiger partial charge is 0.216 e. The van der Waals surface area contributed by atoms with Gasteiger partial charge in [0.1, 0.15) is 0 Å². The van der Waals surface area contributed by atoms with Crippen LogP contribution in [-0.2, 0) is 4.79 Å². The van der Waals surface area contributed by atoms with Crippen LogP contribution in [-0.4, -0.2) is 50.1 Å². The molecule has 1 aliphatic rings. The van der Waals surface area contributed by atoms with Gasteiger partial charge in [0.25, 0.3) is 0 Å².